The minimum absolute atomic E-state index is 0.354. The summed E-state index contributed by atoms with van der Waals surface area (Å²) in [5.41, 5.74) is 2.73. The maximum Gasteiger partial charge on any atom is 0.411 e. The van der Waals surface area contributed by atoms with E-state index in [0.29, 0.717) is 18.4 Å². The summed E-state index contributed by atoms with van der Waals surface area (Å²) in [7, 11) is 2.18. The van der Waals surface area contributed by atoms with Gasteiger partial charge in [0.25, 0.3) is 0 Å². The van der Waals surface area contributed by atoms with Crippen LogP contribution in [0.1, 0.15) is 42.7 Å². The van der Waals surface area contributed by atoms with E-state index in [9.17, 15) is 9.90 Å². The Labute approximate surface area is 157 Å². The van der Waals surface area contributed by atoms with E-state index in [1.165, 1.54) is 34.0 Å². The molecule has 3 heterocycles. The molecule has 0 radical (unpaired) electrons. The zero-order valence-corrected chi connectivity index (χ0v) is 16.1. The lowest BCUT2D eigenvalue weighted by atomic mass is 9.98. The molecule has 138 valence electrons. The number of carbonyl (C=O) groups is 1. The number of amides is 1. The monoisotopic (exact) mass is 371 g/mol. The van der Waals surface area contributed by atoms with Crippen LogP contribution in [0.4, 0.5) is 4.79 Å². The highest BCUT2D eigenvalue weighted by Gasteiger charge is 2.26. The molecule has 6 heteroatoms. The third-order valence-electron chi connectivity index (χ3n) is 5.40. The highest BCUT2D eigenvalue weighted by molar-refractivity contribution is 7.18. The van der Waals surface area contributed by atoms with Crippen molar-refractivity contribution in [2.24, 2.45) is 5.92 Å². The molecule has 0 bridgehead atoms. The lowest BCUT2D eigenvalue weighted by Gasteiger charge is -2.29. The van der Waals surface area contributed by atoms with Crippen molar-refractivity contribution in [3.8, 4) is 0 Å². The van der Waals surface area contributed by atoms with Gasteiger partial charge >= 0.3 is 6.09 Å². The van der Waals surface area contributed by atoms with Gasteiger partial charge in [0.15, 0.2) is 0 Å². The van der Waals surface area contributed by atoms with E-state index >= 15 is 0 Å². The number of hydrogen-bond acceptors (Lipinski definition) is 4. The molecule has 1 N–H and O–H groups in total. The summed E-state index contributed by atoms with van der Waals surface area (Å²) in [5.74, 6) is 0.868. The van der Waals surface area contributed by atoms with Crippen LogP contribution in [0, 0.1) is 5.92 Å². The predicted molar refractivity (Wildman–Crippen MR) is 106 cm³/mol. The van der Waals surface area contributed by atoms with E-state index in [1.807, 2.05) is 12.1 Å². The number of aromatic nitrogens is 1. The molecule has 2 atom stereocenters. The van der Waals surface area contributed by atoms with E-state index in [0.717, 1.165) is 29.7 Å². The second-order valence-electron chi connectivity index (χ2n) is 7.66. The van der Waals surface area contributed by atoms with Crippen LogP contribution in [0.25, 0.3) is 15.9 Å². The van der Waals surface area contributed by atoms with Crippen LogP contribution in [0.2, 0.25) is 0 Å². The van der Waals surface area contributed by atoms with Crippen LogP contribution in [-0.4, -0.2) is 52.7 Å². The molecule has 1 fully saturated rings. The number of allylic oxidation sites excluding steroid dienone is 1. The number of hydrogen-bond donors (Lipinski definition) is 1. The van der Waals surface area contributed by atoms with Crippen LogP contribution in [-0.2, 0) is 0 Å². The Morgan fingerprint density at radius 1 is 1.35 bits per heavy atom. The quantitative estimate of drug-likeness (QED) is 0.846. The number of piperidine rings is 1. The molecule has 1 unspecified atom stereocenters. The second kappa shape index (κ2) is 7.00. The number of rotatable bonds is 2. The molecule has 4 rings (SSSR count). The fourth-order valence-electron chi connectivity index (χ4n) is 4.01. The van der Waals surface area contributed by atoms with Crippen molar-refractivity contribution < 1.29 is 9.90 Å². The molecule has 0 spiro atoms. The SMILES string of the molecule is C[C@H]1CC=C(c2ccc3sc(C4CCCN(C)C4)nc3c2)N(C(=O)O)C1. The van der Waals surface area contributed by atoms with Gasteiger partial charge in [-0.1, -0.05) is 19.1 Å². The maximum atomic E-state index is 11.7. The smallest absolute Gasteiger partial charge is 0.411 e. The molecule has 26 heavy (non-hydrogen) atoms. The van der Waals surface area contributed by atoms with E-state index in [1.54, 1.807) is 11.3 Å². The molecule has 1 aromatic carbocycles. The molecule has 5 nitrogen and oxygen atoms in total. The Morgan fingerprint density at radius 2 is 2.19 bits per heavy atom. The van der Waals surface area contributed by atoms with Gasteiger partial charge in [-0.3, -0.25) is 4.90 Å². The van der Waals surface area contributed by atoms with Crippen molar-refractivity contribution in [3.05, 3.63) is 34.8 Å². The molecular formula is C20H25N3O2S. The maximum absolute atomic E-state index is 11.7. The number of carboxylic acid groups (broad SMARTS) is 1. The lowest BCUT2D eigenvalue weighted by molar-refractivity contribution is 0.159. The fraction of sp³-hybridized carbons (Fsp3) is 0.500. The number of likely N-dealkylation sites (N-methyl/N-ethyl adjacent to an activating group) is 1. The van der Waals surface area contributed by atoms with Crippen molar-refractivity contribution in [2.75, 3.05) is 26.7 Å². The van der Waals surface area contributed by atoms with Crippen molar-refractivity contribution in [1.82, 2.24) is 14.8 Å². The van der Waals surface area contributed by atoms with Gasteiger partial charge in [-0.2, -0.15) is 0 Å². The van der Waals surface area contributed by atoms with Crippen molar-refractivity contribution in [3.63, 3.8) is 0 Å². The van der Waals surface area contributed by atoms with Crippen LogP contribution in [0.3, 0.4) is 0 Å². The molecular weight excluding hydrogens is 346 g/mol. The Kier molecular flexibility index (Phi) is 4.71. The normalized spacial score (nSPS) is 24.7. The number of thiazole rings is 1. The van der Waals surface area contributed by atoms with Crippen molar-refractivity contribution >= 4 is 33.3 Å². The highest BCUT2D eigenvalue weighted by Crippen LogP contribution is 2.35. The zero-order valence-electron chi connectivity index (χ0n) is 15.3. The first kappa shape index (κ1) is 17.5. The van der Waals surface area contributed by atoms with Gasteiger partial charge in [0, 0.05) is 24.6 Å². The molecule has 2 aromatic rings. The van der Waals surface area contributed by atoms with Crippen molar-refractivity contribution in [1.29, 1.82) is 0 Å². The van der Waals surface area contributed by atoms with Gasteiger partial charge < -0.3 is 10.0 Å². The van der Waals surface area contributed by atoms with Crippen LogP contribution in [0.15, 0.2) is 24.3 Å². The molecule has 2 aliphatic rings. The van der Waals surface area contributed by atoms with Gasteiger partial charge in [0.1, 0.15) is 0 Å². The first-order valence-electron chi connectivity index (χ1n) is 9.31. The zero-order chi connectivity index (χ0) is 18.3. The fourth-order valence-corrected chi connectivity index (χ4v) is 5.08. The first-order valence-corrected chi connectivity index (χ1v) is 10.1. The van der Waals surface area contributed by atoms with Crippen LogP contribution >= 0.6 is 11.3 Å². The summed E-state index contributed by atoms with van der Waals surface area (Å²) in [5, 5.41) is 10.8. The van der Waals surface area contributed by atoms with E-state index < -0.39 is 6.09 Å². The van der Waals surface area contributed by atoms with Crippen molar-refractivity contribution in [2.45, 2.75) is 32.1 Å². The summed E-state index contributed by atoms with van der Waals surface area (Å²) in [4.78, 5) is 20.4. The summed E-state index contributed by atoms with van der Waals surface area (Å²) in [6.07, 6.45) is 4.50. The molecule has 0 saturated carbocycles. The minimum Gasteiger partial charge on any atom is -0.465 e. The van der Waals surface area contributed by atoms with Gasteiger partial charge in [0.05, 0.1) is 20.9 Å². The minimum atomic E-state index is -0.882. The number of nitrogens with zero attached hydrogens (tertiary/aromatic N) is 3. The van der Waals surface area contributed by atoms with Gasteiger partial charge in [-0.05, 0) is 50.9 Å². The lowest BCUT2D eigenvalue weighted by Crippen LogP contribution is -2.34. The first-order chi connectivity index (χ1) is 12.5. The second-order valence-corrected chi connectivity index (χ2v) is 8.72. The van der Waals surface area contributed by atoms with Crippen LogP contribution in [0.5, 0.6) is 0 Å². The number of fused-ring (bicyclic) bond motifs is 1. The molecule has 2 aliphatic heterocycles. The molecule has 1 amide bonds. The van der Waals surface area contributed by atoms with Gasteiger partial charge in [-0.15, -0.1) is 11.3 Å². The highest BCUT2D eigenvalue weighted by atomic mass is 32.1. The van der Waals surface area contributed by atoms with Gasteiger partial charge in [0.2, 0.25) is 0 Å². The summed E-state index contributed by atoms with van der Waals surface area (Å²) < 4.78 is 1.18. The van der Waals surface area contributed by atoms with Gasteiger partial charge in [-0.25, -0.2) is 9.78 Å². The summed E-state index contributed by atoms with van der Waals surface area (Å²) in [6.45, 7) is 4.88. The molecule has 1 aromatic heterocycles. The number of benzene rings is 1. The van der Waals surface area contributed by atoms with Crippen LogP contribution < -0.4 is 0 Å². The Bertz CT molecular complexity index is 860. The average Bonchev–Trinajstić information content (AvgIpc) is 3.05. The summed E-state index contributed by atoms with van der Waals surface area (Å²) in [6, 6.07) is 6.19. The average molecular weight is 372 g/mol. The summed E-state index contributed by atoms with van der Waals surface area (Å²) >= 11 is 1.78. The molecule has 0 aliphatic carbocycles. The standard InChI is InChI=1S/C20H25N3O2S/c1-13-5-7-17(23(11-13)20(24)25)14-6-8-18-16(10-14)21-19(26-18)15-4-3-9-22(2)12-15/h6-8,10,13,15H,3-5,9,11-12H2,1-2H3,(H,24,25)/t13-,15?/m0/s1. The Balaban J connectivity index is 1.66. The Hall–Kier alpha value is -1.92. The predicted octanol–water partition coefficient (Wildman–Crippen LogP) is 4.47. The Morgan fingerprint density at radius 3 is 2.96 bits per heavy atom. The van der Waals surface area contributed by atoms with E-state index in [4.69, 9.17) is 4.98 Å². The van der Waals surface area contributed by atoms with E-state index in [2.05, 4.69) is 31.0 Å². The molecule has 1 saturated heterocycles. The largest absolute Gasteiger partial charge is 0.465 e. The topological polar surface area (TPSA) is 56.7 Å². The van der Waals surface area contributed by atoms with E-state index in [-0.39, 0.29) is 0 Å². The number of likely N-dealkylation sites (tertiary alicyclic amines) is 1. The third-order valence-corrected chi connectivity index (χ3v) is 6.60. The third kappa shape index (κ3) is 3.35.